The molecule has 1 unspecified atom stereocenters. The van der Waals surface area contributed by atoms with Crippen LogP contribution in [-0.2, 0) is 4.79 Å². The molecule has 2 saturated heterocycles. The molecule has 1 amide bonds. The number of hydrogen-bond donors (Lipinski definition) is 0. The predicted octanol–water partition coefficient (Wildman–Crippen LogP) is 5.00. The van der Waals surface area contributed by atoms with E-state index in [1.165, 1.54) is 4.70 Å². The van der Waals surface area contributed by atoms with Crippen molar-refractivity contribution in [3.05, 3.63) is 53.4 Å². The van der Waals surface area contributed by atoms with Crippen molar-refractivity contribution in [2.24, 2.45) is 5.92 Å². The van der Waals surface area contributed by atoms with Crippen molar-refractivity contribution in [1.82, 2.24) is 14.9 Å². The highest BCUT2D eigenvalue weighted by molar-refractivity contribution is 7.18. The van der Waals surface area contributed by atoms with Gasteiger partial charge in [0, 0.05) is 25.6 Å². The molecule has 8 nitrogen and oxygen atoms in total. The van der Waals surface area contributed by atoms with E-state index in [0.29, 0.717) is 43.5 Å². The highest BCUT2D eigenvalue weighted by Gasteiger charge is 2.37. The van der Waals surface area contributed by atoms with Crippen molar-refractivity contribution in [2.75, 3.05) is 24.5 Å². The summed E-state index contributed by atoms with van der Waals surface area (Å²) in [5.74, 6) is 1.42. The monoisotopic (exact) mass is 473 g/mol. The van der Waals surface area contributed by atoms with Gasteiger partial charge in [-0.05, 0) is 49.9 Å². The fraction of sp³-hybridized carbons (Fsp3) is 0.360. The molecule has 1 atom stereocenters. The highest BCUT2D eigenvalue weighted by Crippen LogP contribution is 2.39. The number of carbonyl (C=O) groups is 1. The number of para-hydroxylation sites is 1. The maximum Gasteiger partial charge on any atom is 0.266 e. The van der Waals surface area contributed by atoms with E-state index in [1.807, 2.05) is 28.0 Å². The van der Waals surface area contributed by atoms with Crippen LogP contribution in [0.5, 0.6) is 0 Å². The summed E-state index contributed by atoms with van der Waals surface area (Å²) in [5.41, 5.74) is 1.25. The number of fused-ring (bicyclic) bond motifs is 1. The molecular formula is C25H23N5O3S. The van der Waals surface area contributed by atoms with Gasteiger partial charge in [-0.1, -0.05) is 12.1 Å². The zero-order chi connectivity index (χ0) is 23.1. The molecule has 1 aromatic carbocycles. The van der Waals surface area contributed by atoms with Gasteiger partial charge in [-0.2, -0.15) is 10.2 Å². The number of piperidine rings is 1. The van der Waals surface area contributed by atoms with Crippen LogP contribution in [0.25, 0.3) is 21.9 Å². The SMILES string of the molecule is N#Cc1nc(-c2ccco2)oc1N1CCC(C(=O)N2CCCC2c2nc3ccccc3s2)CC1. The lowest BCUT2D eigenvalue weighted by Crippen LogP contribution is -2.42. The van der Waals surface area contributed by atoms with Gasteiger partial charge in [0.15, 0.2) is 5.76 Å². The Morgan fingerprint density at radius 2 is 1.94 bits per heavy atom. The van der Waals surface area contributed by atoms with Crippen LogP contribution < -0.4 is 4.90 Å². The van der Waals surface area contributed by atoms with Crippen LogP contribution in [0.4, 0.5) is 5.88 Å². The first-order valence-electron chi connectivity index (χ1n) is 11.6. The summed E-state index contributed by atoms with van der Waals surface area (Å²) in [6.07, 6.45) is 4.93. The number of aromatic nitrogens is 2. The summed E-state index contributed by atoms with van der Waals surface area (Å²) < 4.78 is 12.4. The van der Waals surface area contributed by atoms with Crippen molar-refractivity contribution in [1.29, 1.82) is 5.26 Å². The molecular weight excluding hydrogens is 450 g/mol. The third-order valence-corrected chi connectivity index (χ3v) is 7.85. The number of oxazole rings is 1. The molecule has 0 spiro atoms. The zero-order valence-electron chi connectivity index (χ0n) is 18.5. The van der Waals surface area contributed by atoms with Crippen molar-refractivity contribution in [3.63, 3.8) is 0 Å². The quantitative estimate of drug-likeness (QED) is 0.411. The van der Waals surface area contributed by atoms with Crippen LogP contribution in [0.3, 0.4) is 0 Å². The zero-order valence-corrected chi connectivity index (χ0v) is 19.3. The number of anilines is 1. The van der Waals surface area contributed by atoms with Crippen LogP contribution in [-0.4, -0.2) is 40.4 Å². The van der Waals surface area contributed by atoms with E-state index < -0.39 is 0 Å². The maximum atomic E-state index is 13.5. The summed E-state index contributed by atoms with van der Waals surface area (Å²) in [7, 11) is 0. The van der Waals surface area contributed by atoms with E-state index in [9.17, 15) is 10.1 Å². The Morgan fingerprint density at radius 1 is 1.09 bits per heavy atom. The first kappa shape index (κ1) is 20.9. The molecule has 3 aromatic heterocycles. The average Bonchev–Trinajstić information content (AvgIpc) is 3.68. The van der Waals surface area contributed by atoms with Crippen LogP contribution in [0, 0.1) is 17.2 Å². The molecule has 2 fully saturated rings. The summed E-state index contributed by atoms with van der Waals surface area (Å²) in [6.45, 7) is 2.06. The third-order valence-electron chi connectivity index (χ3n) is 6.71. The van der Waals surface area contributed by atoms with Gasteiger partial charge < -0.3 is 18.6 Å². The lowest BCUT2D eigenvalue weighted by molar-refractivity contribution is -0.137. The number of nitriles is 1. The van der Waals surface area contributed by atoms with Crippen molar-refractivity contribution >= 4 is 33.3 Å². The minimum absolute atomic E-state index is 0.0378. The van der Waals surface area contributed by atoms with Gasteiger partial charge in [0.2, 0.25) is 17.5 Å². The smallest absolute Gasteiger partial charge is 0.266 e. The predicted molar refractivity (Wildman–Crippen MR) is 127 cm³/mol. The number of thiazole rings is 1. The first-order chi connectivity index (χ1) is 16.7. The van der Waals surface area contributed by atoms with Gasteiger partial charge >= 0.3 is 0 Å². The van der Waals surface area contributed by atoms with Gasteiger partial charge in [-0.25, -0.2) is 4.98 Å². The topological polar surface area (TPSA) is 99.4 Å². The number of amides is 1. The van der Waals surface area contributed by atoms with E-state index in [4.69, 9.17) is 13.8 Å². The molecule has 0 radical (unpaired) electrons. The van der Waals surface area contributed by atoms with Gasteiger partial charge in [0.05, 0.1) is 22.5 Å². The summed E-state index contributed by atoms with van der Waals surface area (Å²) in [6, 6.07) is 13.8. The van der Waals surface area contributed by atoms with Crippen LogP contribution in [0.1, 0.15) is 42.4 Å². The number of rotatable bonds is 4. The molecule has 2 aliphatic rings. The molecule has 0 bridgehead atoms. The fourth-order valence-corrected chi connectivity index (χ4v) is 6.10. The van der Waals surface area contributed by atoms with E-state index in [0.717, 1.165) is 29.9 Å². The summed E-state index contributed by atoms with van der Waals surface area (Å²) in [4.78, 5) is 26.7. The number of likely N-dealkylation sites (tertiary alicyclic amines) is 1. The van der Waals surface area contributed by atoms with Gasteiger partial charge in [-0.3, -0.25) is 4.79 Å². The molecule has 34 heavy (non-hydrogen) atoms. The molecule has 0 aliphatic carbocycles. The lowest BCUT2D eigenvalue weighted by Gasteiger charge is -2.34. The molecule has 4 aromatic rings. The second-order valence-corrected chi connectivity index (χ2v) is 9.79. The Bertz CT molecular complexity index is 1330. The maximum absolute atomic E-state index is 13.5. The standard InChI is InChI=1S/C25H23N5O3S/c26-15-18-25(33-22(27-18)20-7-4-14-32-20)29-12-9-16(10-13-29)24(31)30-11-3-6-19(30)23-28-17-5-1-2-8-21(17)34-23/h1-2,4-5,7-8,14,16,19H,3,6,9-13H2. The Labute approximate surface area is 200 Å². The van der Waals surface area contributed by atoms with Gasteiger partial charge in [0.1, 0.15) is 11.1 Å². The largest absolute Gasteiger partial charge is 0.459 e. The van der Waals surface area contributed by atoms with Crippen molar-refractivity contribution < 1.29 is 13.6 Å². The Kier molecular flexibility index (Phi) is 5.30. The number of benzene rings is 1. The second-order valence-electron chi connectivity index (χ2n) is 8.73. The van der Waals surface area contributed by atoms with Crippen LogP contribution in [0.15, 0.2) is 51.5 Å². The van der Waals surface area contributed by atoms with E-state index in [2.05, 4.69) is 17.1 Å². The van der Waals surface area contributed by atoms with Gasteiger partial charge in [-0.15, -0.1) is 11.3 Å². The lowest BCUT2D eigenvalue weighted by atomic mass is 9.95. The number of carbonyl (C=O) groups excluding carboxylic acids is 1. The molecule has 6 rings (SSSR count). The van der Waals surface area contributed by atoms with Crippen LogP contribution >= 0.6 is 11.3 Å². The number of hydrogen-bond acceptors (Lipinski definition) is 8. The molecule has 0 saturated carbocycles. The van der Waals surface area contributed by atoms with Crippen molar-refractivity contribution in [2.45, 2.75) is 31.7 Å². The normalized spacial score (nSPS) is 19.1. The minimum Gasteiger partial charge on any atom is -0.459 e. The second kappa shape index (κ2) is 8.61. The molecule has 172 valence electrons. The molecule has 9 heteroatoms. The van der Waals surface area contributed by atoms with Crippen LogP contribution in [0.2, 0.25) is 0 Å². The molecule has 5 heterocycles. The average molecular weight is 474 g/mol. The van der Waals surface area contributed by atoms with Gasteiger partial charge in [0.25, 0.3) is 5.89 Å². The minimum atomic E-state index is -0.0378. The van der Waals surface area contributed by atoms with E-state index in [-0.39, 0.29) is 23.6 Å². The van der Waals surface area contributed by atoms with E-state index in [1.54, 1.807) is 29.7 Å². The third kappa shape index (κ3) is 3.64. The first-order valence-corrected chi connectivity index (χ1v) is 12.4. The number of nitrogens with zero attached hydrogens (tertiary/aromatic N) is 5. The number of furan rings is 1. The Morgan fingerprint density at radius 3 is 2.71 bits per heavy atom. The highest BCUT2D eigenvalue weighted by atomic mass is 32.1. The summed E-state index contributed by atoms with van der Waals surface area (Å²) in [5, 5.41) is 10.6. The molecule has 2 aliphatic heterocycles. The van der Waals surface area contributed by atoms with E-state index >= 15 is 0 Å². The Hall–Kier alpha value is -3.64. The van der Waals surface area contributed by atoms with Crippen molar-refractivity contribution in [3.8, 4) is 17.7 Å². The Balaban J connectivity index is 1.15. The summed E-state index contributed by atoms with van der Waals surface area (Å²) >= 11 is 1.69. The molecule has 0 N–H and O–H groups in total. The fourth-order valence-electron chi connectivity index (χ4n) is 4.99.